The molecule has 0 aromatic carbocycles. The van der Waals surface area contributed by atoms with Gasteiger partial charge in [-0.25, -0.2) is 9.78 Å². The number of carbonyl (C=O) groups is 6. The summed E-state index contributed by atoms with van der Waals surface area (Å²) in [5, 5.41) is 33.8. The van der Waals surface area contributed by atoms with E-state index < -0.39 is 72.6 Å². The number of carboxylic acid groups (broad SMARTS) is 3. The van der Waals surface area contributed by atoms with Gasteiger partial charge in [0.25, 0.3) is 0 Å². The molecule has 0 radical (unpaired) electrons. The van der Waals surface area contributed by atoms with Gasteiger partial charge in [-0.05, 0) is 5.92 Å². The van der Waals surface area contributed by atoms with Gasteiger partial charge in [0.2, 0.25) is 17.7 Å². The zero-order valence-corrected chi connectivity index (χ0v) is 19.2. The van der Waals surface area contributed by atoms with Crippen LogP contribution in [0.1, 0.15) is 38.8 Å². The van der Waals surface area contributed by atoms with Gasteiger partial charge in [0.1, 0.15) is 18.1 Å². The largest absolute Gasteiger partial charge is 0.481 e. The van der Waals surface area contributed by atoms with E-state index in [-0.39, 0.29) is 12.3 Å². The second-order valence-electron chi connectivity index (χ2n) is 7.91. The van der Waals surface area contributed by atoms with E-state index in [4.69, 9.17) is 10.8 Å². The molecule has 3 amide bonds. The third kappa shape index (κ3) is 9.79. The summed E-state index contributed by atoms with van der Waals surface area (Å²) in [6, 6.07) is -5.86. The van der Waals surface area contributed by atoms with Crippen molar-refractivity contribution in [2.75, 3.05) is 0 Å². The number of aliphatic carboxylic acids is 3. The van der Waals surface area contributed by atoms with Crippen LogP contribution >= 0.6 is 0 Å². The molecule has 0 fully saturated rings. The summed E-state index contributed by atoms with van der Waals surface area (Å²) in [7, 11) is 0. The molecule has 0 spiro atoms. The molecule has 194 valence electrons. The van der Waals surface area contributed by atoms with Crippen molar-refractivity contribution in [1.29, 1.82) is 0 Å². The summed E-state index contributed by atoms with van der Waals surface area (Å²) >= 11 is 0. The van der Waals surface area contributed by atoms with Crippen LogP contribution < -0.4 is 21.7 Å². The molecular formula is C20H30N6O9. The van der Waals surface area contributed by atoms with Gasteiger partial charge in [-0.1, -0.05) is 20.3 Å². The van der Waals surface area contributed by atoms with Crippen LogP contribution in [-0.4, -0.2) is 85.1 Å². The van der Waals surface area contributed by atoms with Crippen LogP contribution in [0.4, 0.5) is 0 Å². The van der Waals surface area contributed by atoms with Crippen LogP contribution in [0.2, 0.25) is 0 Å². The maximum Gasteiger partial charge on any atom is 0.326 e. The van der Waals surface area contributed by atoms with E-state index in [0.717, 1.165) is 0 Å². The number of hydrogen-bond acceptors (Lipinski definition) is 8. The summed E-state index contributed by atoms with van der Waals surface area (Å²) in [5.74, 6) is -7.60. The second kappa shape index (κ2) is 13.6. The third-order valence-electron chi connectivity index (χ3n) is 5.18. The van der Waals surface area contributed by atoms with Crippen molar-refractivity contribution in [1.82, 2.24) is 25.9 Å². The number of aromatic nitrogens is 2. The van der Waals surface area contributed by atoms with Crippen molar-refractivity contribution < 1.29 is 44.1 Å². The molecular weight excluding hydrogens is 468 g/mol. The van der Waals surface area contributed by atoms with Gasteiger partial charge in [0.05, 0.1) is 25.2 Å². The van der Waals surface area contributed by atoms with Crippen molar-refractivity contribution in [3.63, 3.8) is 0 Å². The molecule has 0 aliphatic heterocycles. The van der Waals surface area contributed by atoms with Crippen LogP contribution in [0.5, 0.6) is 0 Å². The molecule has 1 heterocycles. The maximum absolute atomic E-state index is 12.9. The number of carbonyl (C=O) groups excluding carboxylic acids is 3. The molecule has 15 heteroatoms. The zero-order chi connectivity index (χ0) is 26.7. The lowest BCUT2D eigenvalue weighted by Gasteiger charge is -2.25. The highest BCUT2D eigenvalue weighted by Crippen LogP contribution is 2.07. The topological polar surface area (TPSA) is 254 Å². The molecule has 1 rings (SSSR count). The molecule has 9 N–H and O–H groups in total. The number of amides is 3. The number of aromatic amines is 1. The van der Waals surface area contributed by atoms with Crippen LogP contribution in [0, 0.1) is 5.92 Å². The van der Waals surface area contributed by atoms with Gasteiger partial charge in [0, 0.05) is 18.3 Å². The summed E-state index contributed by atoms with van der Waals surface area (Å²) in [5.41, 5.74) is 6.20. The van der Waals surface area contributed by atoms with E-state index in [2.05, 4.69) is 20.6 Å². The number of nitrogens with one attached hydrogen (secondary N) is 4. The minimum absolute atomic E-state index is 0.225. The lowest BCUT2D eigenvalue weighted by atomic mass is 9.99. The van der Waals surface area contributed by atoms with E-state index in [1.807, 2.05) is 5.32 Å². The summed E-state index contributed by atoms with van der Waals surface area (Å²) in [6.07, 6.45) is 1.21. The highest BCUT2D eigenvalue weighted by atomic mass is 16.4. The Balaban J connectivity index is 3.10. The Morgan fingerprint density at radius 1 is 0.914 bits per heavy atom. The Hall–Kier alpha value is -4.01. The van der Waals surface area contributed by atoms with E-state index in [1.165, 1.54) is 12.5 Å². The molecule has 35 heavy (non-hydrogen) atoms. The minimum atomic E-state index is -1.79. The number of nitrogens with two attached hydrogens (primary N) is 1. The SMILES string of the molecule is CCC(C)C(N)C(=O)NC(CC(=O)O)C(=O)NC(Cc1cnc[nH]1)C(=O)NC(CC(=O)O)C(=O)O. The number of hydrogen-bond donors (Lipinski definition) is 8. The van der Waals surface area contributed by atoms with Crippen molar-refractivity contribution in [2.45, 2.75) is 63.7 Å². The first-order chi connectivity index (χ1) is 16.3. The first-order valence-corrected chi connectivity index (χ1v) is 10.7. The monoisotopic (exact) mass is 498 g/mol. The van der Waals surface area contributed by atoms with Crippen molar-refractivity contribution >= 4 is 35.6 Å². The number of nitrogens with zero attached hydrogens (tertiary/aromatic N) is 1. The Morgan fingerprint density at radius 2 is 1.43 bits per heavy atom. The standard InChI is InChI=1S/C20H30N6O9/c1-3-9(2)16(21)19(33)25-12(5-14(27)28)18(32)24-11(4-10-7-22-8-23-10)17(31)26-13(20(34)35)6-15(29)30/h7-9,11-13,16H,3-6,21H2,1-2H3,(H,22,23)(H,24,32)(H,25,33)(H,26,31)(H,27,28)(H,29,30)(H,34,35). The Morgan fingerprint density at radius 3 is 1.91 bits per heavy atom. The normalized spacial score (nSPS) is 15.1. The van der Waals surface area contributed by atoms with Crippen molar-refractivity contribution in [2.24, 2.45) is 11.7 Å². The van der Waals surface area contributed by atoms with Crippen molar-refractivity contribution in [3.05, 3.63) is 18.2 Å². The molecule has 0 aliphatic carbocycles. The molecule has 0 saturated carbocycles. The van der Waals surface area contributed by atoms with Crippen molar-refractivity contribution in [3.8, 4) is 0 Å². The fraction of sp³-hybridized carbons (Fsp3) is 0.550. The number of H-pyrrole nitrogens is 1. The van der Waals surface area contributed by atoms with Crippen LogP contribution in [0.15, 0.2) is 12.5 Å². The predicted molar refractivity (Wildman–Crippen MR) is 118 cm³/mol. The molecule has 0 aliphatic rings. The predicted octanol–water partition coefficient (Wildman–Crippen LogP) is -2.19. The zero-order valence-electron chi connectivity index (χ0n) is 19.2. The van der Waals surface area contributed by atoms with Gasteiger partial charge < -0.3 is 42.0 Å². The quantitative estimate of drug-likeness (QED) is 0.129. The Bertz CT molecular complexity index is 920. The van der Waals surface area contributed by atoms with Gasteiger partial charge in [-0.2, -0.15) is 0 Å². The van der Waals surface area contributed by atoms with E-state index >= 15 is 0 Å². The number of rotatable bonds is 15. The maximum atomic E-state index is 12.9. The highest BCUT2D eigenvalue weighted by molar-refractivity contribution is 5.96. The summed E-state index contributed by atoms with van der Waals surface area (Å²) < 4.78 is 0. The fourth-order valence-corrected chi connectivity index (χ4v) is 2.91. The number of imidazole rings is 1. The molecule has 0 saturated heterocycles. The average Bonchev–Trinajstić information content (AvgIpc) is 3.28. The molecule has 15 nitrogen and oxygen atoms in total. The summed E-state index contributed by atoms with van der Waals surface area (Å²) in [6.45, 7) is 3.50. The van der Waals surface area contributed by atoms with Gasteiger partial charge in [0.15, 0.2) is 0 Å². The van der Waals surface area contributed by atoms with Crippen LogP contribution in [0.3, 0.4) is 0 Å². The minimum Gasteiger partial charge on any atom is -0.481 e. The van der Waals surface area contributed by atoms with Gasteiger partial charge in [-0.3, -0.25) is 24.0 Å². The van der Waals surface area contributed by atoms with Gasteiger partial charge >= 0.3 is 17.9 Å². The summed E-state index contributed by atoms with van der Waals surface area (Å²) in [4.78, 5) is 78.0. The van der Waals surface area contributed by atoms with E-state index in [0.29, 0.717) is 12.1 Å². The first kappa shape index (κ1) is 29.0. The molecule has 5 atom stereocenters. The highest BCUT2D eigenvalue weighted by Gasteiger charge is 2.33. The Labute approximate surface area is 199 Å². The molecule has 1 aromatic heterocycles. The molecule has 1 aromatic rings. The molecule has 0 bridgehead atoms. The average molecular weight is 498 g/mol. The van der Waals surface area contributed by atoms with E-state index in [9.17, 15) is 39.0 Å². The van der Waals surface area contributed by atoms with E-state index in [1.54, 1.807) is 13.8 Å². The Kier molecular flexibility index (Phi) is 11.3. The van der Waals surface area contributed by atoms with Gasteiger partial charge in [-0.15, -0.1) is 0 Å². The third-order valence-corrected chi connectivity index (χ3v) is 5.18. The van der Waals surface area contributed by atoms with Crippen LogP contribution in [0.25, 0.3) is 0 Å². The number of carboxylic acids is 3. The smallest absolute Gasteiger partial charge is 0.326 e. The second-order valence-corrected chi connectivity index (χ2v) is 7.91. The fourth-order valence-electron chi connectivity index (χ4n) is 2.91. The lowest BCUT2D eigenvalue weighted by Crippen LogP contribution is -2.58. The lowest BCUT2D eigenvalue weighted by molar-refractivity contribution is -0.147. The van der Waals surface area contributed by atoms with Crippen LogP contribution in [-0.2, 0) is 35.2 Å². The molecule has 5 unspecified atom stereocenters. The first-order valence-electron chi connectivity index (χ1n) is 10.7.